The number of nitrogens with zero attached hydrogens (tertiary/aromatic N) is 4. The van der Waals surface area contributed by atoms with Gasteiger partial charge in [0.25, 0.3) is 0 Å². The van der Waals surface area contributed by atoms with Crippen LogP contribution in [0.5, 0.6) is 0 Å². The first-order valence-corrected chi connectivity index (χ1v) is 14.0. The Balaban J connectivity index is 1.40. The number of benzene rings is 1. The maximum atomic E-state index is 12.9. The zero-order chi connectivity index (χ0) is 30.0. The molecule has 0 aliphatic carbocycles. The number of carbonyl (C=O) groups is 2. The van der Waals surface area contributed by atoms with Gasteiger partial charge in [-0.25, -0.2) is 14.6 Å². The van der Waals surface area contributed by atoms with Gasteiger partial charge in [-0.3, -0.25) is 0 Å². The molecule has 0 bridgehead atoms. The minimum absolute atomic E-state index is 0.0557. The number of hydrogen-bond donors (Lipinski definition) is 4. The van der Waals surface area contributed by atoms with E-state index in [9.17, 15) is 27.9 Å². The van der Waals surface area contributed by atoms with Crippen molar-refractivity contribution < 1.29 is 37.7 Å². The molecule has 4 N–H and O–H groups in total. The van der Waals surface area contributed by atoms with Crippen LogP contribution in [0.15, 0.2) is 30.3 Å². The second-order valence-corrected chi connectivity index (χ2v) is 11.1. The van der Waals surface area contributed by atoms with Crippen LogP contribution in [-0.4, -0.2) is 103 Å². The number of nitrogens with one attached hydrogen (secondary N) is 2. The number of hydrogen-bond acceptors (Lipinski definition) is 7. The Hall–Kier alpha value is -3.78. The van der Waals surface area contributed by atoms with Crippen molar-refractivity contribution in [3.63, 3.8) is 0 Å². The molecule has 1 unspecified atom stereocenters. The Morgan fingerprint density at radius 3 is 2.45 bits per heavy atom. The summed E-state index contributed by atoms with van der Waals surface area (Å²) in [6.45, 7) is 5.08. The molecule has 3 fully saturated rings. The summed E-state index contributed by atoms with van der Waals surface area (Å²) in [5, 5.41) is 24.8. The molecule has 5 rings (SSSR count). The number of halogens is 3. The Morgan fingerprint density at radius 2 is 1.76 bits per heavy atom. The number of carboxylic acid groups (broad SMARTS) is 1. The van der Waals surface area contributed by atoms with Crippen molar-refractivity contribution in [1.29, 1.82) is 0 Å². The lowest BCUT2D eigenvalue weighted by Crippen LogP contribution is -2.42. The van der Waals surface area contributed by atoms with E-state index in [4.69, 9.17) is 14.8 Å². The van der Waals surface area contributed by atoms with Gasteiger partial charge in [0.05, 0.1) is 25.4 Å². The van der Waals surface area contributed by atoms with Gasteiger partial charge < -0.3 is 40.3 Å². The Bertz CT molecular complexity index is 1310. The first-order valence-electron chi connectivity index (χ1n) is 14.0. The summed E-state index contributed by atoms with van der Waals surface area (Å²) in [6.07, 6.45) is -6.96. The quantitative estimate of drug-likeness (QED) is 0.401. The monoisotopic (exact) mass is 592 g/mol. The number of aliphatic hydroxyl groups is 1. The standard InChI is InChI=1S/C28H35F3N6O5/c1-17-2-3-20(32-26(39)36-5-4-18(14-36)13-28(29,30)31)12-21(17)19-10-24(35-6-8-42-9-7-35)34-25(11-19)37-15-22(23(38)16-37)33-27(40)41/h2-3,10-12,18,22-23,33,38H,4-9,13-16H2,1H3,(H,32,39)(H,40,41)/t18?,22-,23-/m1/s1. The van der Waals surface area contributed by atoms with Gasteiger partial charge in [-0.2, -0.15) is 13.2 Å². The molecule has 14 heteroatoms. The number of carbonyl (C=O) groups excluding carboxylic acids is 1. The number of rotatable bonds is 6. The number of aliphatic hydroxyl groups excluding tert-OH is 1. The van der Waals surface area contributed by atoms with Gasteiger partial charge in [-0.15, -0.1) is 0 Å². The SMILES string of the molecule is Cc1ccc(NC(=O)N2CCC(CC(F)(F)F)C2)cc1-c1cc(N2CCOCC2)nc(N2C[C@@H](O)[C@H](NC(=O)O)C2)c1. The fraction of sp³-hybridized carbons (Fsp3) is 0.536. The molecule has 0 radical (unpaired) electrons. The Kier molecular flexibility index (Phi) is 8.64. The van der Waals surface area contributed by atoms with Crippen LogP contribution in [-0.2, 0) is 4.74 Å². The van der Waals surface area contributed by atoms with Crippen LogP contribution >= 0.6 is 0 Å². The topological polar surface area (TPSA) is 130 Å². The maximum absolute atomic E-state index is 12.9. The lowest BCUT2D eigenvalue weighted by molar-refractivity contribution is -0.143. The Labute approximate surface area is 241 Å². The number of anilines is 3. The average molecular weight is 593 g/mol. The molecule has 4 heterocycles. The van der Waals surface area contributed by atoms with E-state index in [1.54, 1.807) is 6.07 Å². The number of β-amino-alcohol motifs (C(OH)–C–C–N with tert-alkyl or cyclic N) is 1. The average Bonchev–Trinajstić information content (AvgIpc) is 3.55. The number of aromatic nitrogens is 1. The van der Waals surface area contributed by atoms with Crippen molar-refractivity contribution in [1.82, 2.24) is 15.2 Å². The van der Waals surface area contributed by atoms with E-state index >= 15 is 0 Å². The minimum Gasteiger partial charge on any atom is -0.465 e. The van der Waals surface area contributed by atoms with Crippen LogP contribution in [0.1, 0.15) is 18.4 Å². The lowest BCUT2D eigenvalue weighted by Gasteiger charge is -2.29. The van der Waals surface area contributed by atoms with Gasteiger partial charge in [-0.05, 0) is 60.2 Å². The predicted molar refractivity (Wildman–Crippen MR) is 150 cm³/mol. The zero-order valence-electron chi connectivity index (χ0n) is 23.2. The number of amides is 3. The predicted octanol–water partition coefficient (Wildman–Crippen LogP) is 3.52. The molecule has 228 valence electrons. The van der Waals surface area contributed by atoms with Gasteiger partial charge in [0.2, 0.25) is 0 Å². The van der Waals surface area contributed by atoms with Crippen molar-refractivity contribution in [2.45, 2.75) is 38.1 Å². The fourth-order valence-electron chi connectivity index (χ4n) is 5.77. The van der Waals surface area contributed by atoms with Crippen molar-refractivity contribution in [2.24, 2.45) is 5.92 Å². The lowest BCUT2D eigenvalue weighted by atomic mass is 10.00. The fourth-order valence-corrected chi connectivity index (χ4v) is 5.77. The summed E-state index contributed by atoms with van der Waals surface area (Å²) >= 11 is 0. The number of likely N-dealkylation sites (tertiary alicyclic amines) is 1. The number of pyridine rings is 1. The van der Waals surface area contributed by atoms with Crippen LogP contribution in [0.3, 0.4) is 0 Å². The number of aryl methyl sites for hydroxylation is 1. The highest BCUT2D eigenvalue weighted by Gasteiger charge is 2.37. The van der Waals surface area contributed by atoms with Gasteiger partial charge in [0.1, 0.15) is 11.6 Å². The second-order valence-electron chi connectivity index (χ2n) is 11.1. The molecule has 3 aliphatic heterocycles. The molecule has 0 saturated carbocycles. The summed E-state index contributed by atoms with van der Waals surface area (Å²) in [6, 6.07) is 8.15. The van der Waals surface area contributed by atoms with E-state index in [0.717, 1.165) is 16.7 Å². The third kappa shape index (κ3) is 7.16. The number of morpholine rings is 1. The van der Waals surface area contributed by atoms with Crippen molar-refractivity contribution in [3.8, 4) is 11.1 Å². The molecule has 3 aliphatic rings. The summed E-state index contributed by atoms with van der Waals surface area (Å²) in [7, 11) is 0. The zero-order valence-corrected chi connectivity index (χ0v) is 23.2. The molecule has 3 amide bonds. The molecule has 1 aromatic heterocycles. The molecule has 2 aromatic rings. The Morgan fingerprint density at radius 1 is 1.05 bits per heavy atom. The molecule has 3 atom stereocenters. The van der Waals surface area contributed by atoms with Crippen LogP contribution in [0.25, 0.3) is 11.1 Å². The summed E-state index contributed by atoms with van der Waals surface area (Å²) in [5.41, 5.74) is 3.07. The van der Waals surface area contributed by atoms with Crippen LogP contribution in [0, 0.1) is 12.8 Å². The third-order valence-electron chi connectivity index (χ3n) is 7.95. The second kappa shape index (κ2) is 12.2. The summed E-state index contributed by atoms with van der Waals surface area (Å²) in [4.78, 5) is 34.3. The van der Waals surface area contributed by atoms with E-state index in [1.807, 2.05) is 36.1 Å². The van der Waals surface area contributed by atoms with Crippen LogP contribution < -0.4 is 20.4 Å². The van der Waals surface area contributed by atoms with Gasteiger partial charge >= 0.3 is 18.3 Å². The van der Waals surface area contributed by atoms with E-state index in [0.29, 0.717) is 50.0 Å². The summed E-state index contributed by atoms with van der Waals surface area (Å²) in [5.74, 6) is 0.675. The van der Waals surface area contributed by atoms with E-state index in [-0.39, 0.29) is 26.2 Å². The van der Waals surface area contributed by atoms with Gasteiger partial charge in [0.15, 0.2) is 0 Å². The maximum Gasteiger partial charge on any atom is 0.405 e. The summed E-state index contributed by atoms with van der Waals surface area (Å²) < 4.78 is 43.9. The van der Waals surface area contributed by atoms with Crippen LogP contribution in [0.2, 0.25) is 0 Å². The molecule has 42 heavy (non-hydrogen) atoms. The highest BCUT2D eigenvalue weighted by atomic mass is 19.4. The smallest absolute Gasteiger partial charge is 0.405 e. The van der Waals surface area contributed by atoms with Gasteiger partial charge in [-0.1, -0.05) is 6.07 Å². The van der Waals surface area contributed by atoms with Crippen molar-refractivity contribution >= 4 is 29.4 Å². The van der Waals surface area contributed by atoms with E-state index < -0.39 is 42.8 Å². The number of urea groups is 1. The molecule has 1 aromatic carbocycles. The normalized spacial score (nSPS) is 22.9. The minimum atomic E-state index is -4.26. The molecule has 3 saturated heterocycles. The number of alkyl halides is 3. The highest BCUT2D eigenvalue weighted by Crippen LogP contribution is 2.34. The van der Waals surface area contributed by atoms with Crippen molar-refractivity contribution in [3.05, 3.63) is 35.9 Å². The van der Waals surface area contributed by atoms with Crippen molar-refractivity contribution in [2.75, 3.05) is 67.6 Å². The van der Waals surface area contributed by atoms with E-state index in [2.05, 4.69) is 15.5 Å². The molecule has 0 spiro atoms. The number of ether oxygens (including phenoxy) is 1. The highest BCUT2D eigenvalue weighted by molar-refractivity contribution is 5.91. The van der Waals surface area contributed by atoms with E-state index in [1.165, 1.54) is 4.90 Å². The first-order chi connectivity index (χ1) is 19.9. The third-order valence-corrected chi connectivity index (χ3v) is 7.95. The largest absolute Gasteiger partial charge is 0.465 e. The van der Waals surface area contributed by atoms with Crippen LogP contribution in [0.4, 0.5) is 40.1 Å². The first kappa shape index (κ1) is 29.7. The molecule has 11 nitrogen and oxygen atoms in total. The molecular weight excluding hydrogens is 557 g/mol. The van der Waals surface area contributed by atoms with Gasteiger partial charge in [0, 0.05) is 51.4 Å². The molecular formula is C28H35F3N6O5.